The highest BCUT2D eigenvalue weighted by atomic mass is 32.2. The van der Waals surface area contributed by atoms with Gasteiger partial charge in [0, 0.05) is 13.1 Å². The molecule has 2 N–H and O–H groups in total. The van der Waals surface area contributed by atoms with Gasteiger partial charge in [-0.05, 0) is 31.7 Å². The fourth-order valence-corrected chi connectivity index (χ4v) is 3.28. The van der Waals surface area contributed by atoms with Crippen LogP contribution in [0, 0.1) is 5.41 Å². The van der Waals surface area contributed by atoms with E-state index in [0.29, 0.717) is 13.0 Å². The van der Waals surface area contributed by atoms with E-state index in [-0.39, 0.29) is 11.2 Å². The van der Waals surface area contributed by atoms with Crippen LogP contribution in [0.3, 0.4) is 0 Å². The normalized spacial score (nSPS) is 19.9. The number of hydrogen-bond acceptors (Lipinski definition) is 3. The summed E-state index contributed by atoms with van der Waals surface area (Å²) >= 11 is 0. The van der Waals surface area contributed by atoms with Gasteiger partial charge in [-0.25, -0.2) is 13.1 Å². The molecule has 5 heteroatoms. The summed E-state index contributed by atoms with van der Waals surface area (Å²) < 4.78 is 25.7. The van der Waals surface area contributed by atoms with Crippen molar-refractivity contribution in [3.63, 3.8) is 0 Å². The molecular weight excluding hydrogens is 212 g/mol. The number of nitrogens with one attached hydrogen (secondary N) is 2. The molecule has 0 heterocycles. The Labute approximate surface area is 92.9 Å². The molecule has 15 heavy (non-hydrogen) atoms. The van der Waals surface area contributed by atoms with Crippen LogP contribution in [0.15, 0.2) is 0 Å². The smallest absolute Gasteiger partial charge is 0.211 e. The molecule has 0 atom stereocenters. The quantitative estimate of drug-likeness (QED) is 0.682. The molecule has 0 aliphatic heterocycles. The predicted molar refractivity (Wildman–Crippen MR) is 62.3 cm³/mol. The maximum Gasteiger partial charge on any atom is 0.211 e. The molecule has 0 spiro atoms. The lowest BCUT2D eigenvalue weighted by atomic mass is 9.69. The molecule has 1 saturated carbocycles. The Kier molecular flexibility index (Phi) is 4.55. The van der Waals surface area contributed by atoms with E-state index < -0.39 is 10.0 Å². The molecule has 0 saturated heterocycles. The van der Waals surface area contributed by atoms with Gasteiger partial charge in [0.25, 0.3) is 0 Å². The van der Waals surface area contributed by atoms with Crippen molar-refractivity contribution in [3.05, 3.63) is 0 Å². The van der Waals surface area contributed by atoms with Crippen molar-refractivity contribution in [2.24, 2.45) is 5.41 Å². The first-order chi connectivity index (χ1) is 7.04. The molecule has 0 aromatic rings. The Hall–Kier alpha value is -0.130. The fraction of sp³-hybridized carbons (Fsp3) is 1.00. The first-order valence-corrected chi connectivity index (χ1v) is 7.31. The molecule has 1 fully saturated rings. The molecule has 90 valence electrons. The summed E-state index contributed by atoms with van der Waals surface area (Å²) in [4.78, 5) is 0. The van der Waals surface area contributed by atoms with Crippen LogP contribution in [-0.4, -0.2) is 34.3 Å². The topological polar surface area (TPSA) is 58.2 Å². The lowest BCUT2D eigenvalue weighted by Crippen LogP contribution is -2.48. The van der Waals surface area contributed by atoms with Crippen molar-refractivity contribution in [1.82, 2.24) is 10.0 Å². The van der Waals surface area contributed by atoms with Crippen molar-refractivity contribution in [2.75, 3.05) is 25.9 Å². The van der Waals surface area contributed by atoms with Gasteiger partial charge in [0.05, 0.1) is 5.75 Å². The third-order valence-electron chi connectivity index (χ3n) is 3.11. The van der Waals surface area contributed by atoms with Crippen molar-refractivity contribution < 1.29 is 8.42 Å². The van der Waals surface area contributed by atoms with Crippen LogP contribution in [-0.2, 0) is 10.0 Å². The van der Waals surface area contributed by atoms with Gasteiger partial charge in [-0.2, -0.15) is 0 Å². The molecule has 0 radical (unpaired) electrons. The minimum Gasteiger partial charge on any atom is -0.319 e. The SMILES string of the molecule is CCCS(=O)(=O)NCC1(CNC)CCC1. The minimum absolute atomic E-state index is 0.176. The Morgan fingerprint density at radius 1 is 1.27 bits per heavy atom. The van der Waals surface area contributed by atoms with E-state index in [0.717, 1.165) is 19.4 Å². The third-order valence-corrected chi connectivity index (χ3v) is 4.64. The van der Waals surface area contributed by atoms with E-state index in [1.54, 1.807) is 0 Å². The van der Waals surface area contributed by atoms with Gasteiger partial charge in [0.15, 0.2) is 0 Å². The maximum absolute atomic E-state index is 11.5. The van der Waals surface area contributed by atoms with Crippen LogP contribution >= 0.6 is 0 Å². The molecule has 0 unspecified atom stereocenters. The van der Waals surface area contributed by atoms with Crippen molar-refractivity contribution in [1.29, 1.82) is 0 Å². The summed E-state index contributed by atoms with van der Waals surface area (Å²) in [5.41, 5.74) is 0.176. The average molecular weight is 234 g/mol. The second-order valence-corrected chi connectivity index (χ2v) is 6.45. The summed E-state index contributed by atoms with van der Waals surface area (Å²) in [6, 6.07) is 0. The molecule has 4 nitrogen and oxygen atoms in total. The van der Waals surface area contributed by atoms with E-state index in [1.807, 2.05) is 14.0 Å². The van der Waals surface area contributed by atoms with Crippen LogP contribution in [0.5, 0.6) is 0 Å². The van der Waals surface area contributed by atoms with Gasteiger partial charge < -0.3 is 5.32 Å². The van der Waals surface area contributed by atoms with E-state index in [9.17, 15) is 8.42 Å². The van der Waals surface area contributed by atoms with Gasteiger partial charge in [-0.3, -0.25) is 0 Å². The molecule has 0 aromatic heterocycles. The Bertz CT molecular complexity index is 284. The predicted octanol–water partition coefficient (Wildman–Crippen LogP) is 0.706. The summed E-state index contributed by atoms with van der Waals surface area (Å²) in [5, 5.41) is 3.14. The van der Waals surface area contributed by atoms with Gasteiger partial charge >= 0.3 is 0 Å². The Morgan fingerprint density at radius 2 is 1.93 bits per heavy atom. The number of rotatable bonds is 7. The lowest BCUT2D eigenvalue weighted by Gasteiger charge is -2.41. The molecule has 0 bridgehead atoms. The van der Waals surface area contributed by atoms with Crippen LogP contribution < -0.4 is 10.0 Å². The molecular formula is C10H22N2O2S. The molecule has 1 aliphatic rings. The minimum atomic E-state index is -3.04. The summed E-state index contributed by atoms with van der Waals surface area (Å²) in [7, 11) is -1.12. The molecule has 0 aromatic carbocycles. The average Bonchev–Trinajstić information content (AvgIpc) is 2.09. The molecule has 0 amide bonds. The fourth-order valence-electron chi connectivity index (χ4n) is 2.07. The van der Waals surface area contributed by atoms with E-state index in [4.69, 9.17) is 0 Å². The molecule has 1 rings (SSSR count). The second-order valence-electron chi connectivity index (χ2n) is 4.52. The third kappa shape index (κ3) is 3.74. The summed E-state index contributed by atoms with van der Waals surface area (Å²) in [6.45, 7) is 3.38. The van der Waals surface area contributed by atoms with E-state index in [2.05, 4.69) is 10.0 Å². The zero-order valence-corrected chi connectivity index (χ0v) is 10.5. The van der Waals surface area contributed by atoms with Crippen molar-refractivity contribution >= 4 is 10.0 Å². The zero-order chi connectivity index (χ0) is 11.4. The first-order valence-electron chi connectivity index (χ1n) is 5.65. The zero-order valence-electron chi connectivity index (χ0n) is 9.67. The standard InChI is InChI=1S/C10H22N2O2S/c1-3-7-15(13,14)12-9-10(8-11-2)5-4-6-10/h11-12H,3-9H2,1-2H3. The highest BCUT2D eigenvalue weighted by Crippen LogP contribution is 2.39. The highest BCUT2D eigenvalue weighted by Gasteiger charge is 2.36. The summed E-state index contributed by atoms with van der Waals surface area (Å²) in [5.74, 6) is 0.239. The largest absolute Gasteiger partial charge is 0.319 e. The van der Waals surface area contributed by atoms with Crippen LogP contribution in [0.4, 0.5) is 0 Å². The van der Waals surface area contributed by atoms with Gasteiger partial charge in [-0.1, -0.05) is 13.3 Å². The van der Waals surface area contributed by atoms with Crippen LogP contribution in [0.1, 0.15) is 32.6 Å². The second kappa shape index (κ2) is 5.27. The van der Waals surface area contributed by atoms with Crippen LogP contribution in [0.25, 0.3) is 0 Å². The number of hydrogen-bond donors (Lipinski definition) is 2. The Balaban J connectivity index is 2.41. The maximum atomic E-state index is 11.5. The summed E-state index contributed by atoms with van der Waals surface area (Å²) in [6.07, 6.45) is 4.15. The van der Waals surface area contributed by atoms with Gasteiger partial charge in [0.2, 0.25) is 10.0 Å². The van der Waals surface area contributed by atoms with Gasteiger partial charge in [0.1, 0.15) is 0 Å². The lowest BCUT2D eigenvalue weighted by molar-refractivity contribution is 0.139. The molecule has 1 aliphatic carbocycles. The van der Waals surface area contributed by atoms with Gasteiger partial charge in [-0.15, -0.1) is 0 Å². The van der Waals surface area contributed by atoms with Crippen LogP contribution in [0.2, 0.25) is 0 Å². The first kappa shape index (κ1) is 12.9. The van der Waals surface area contributed by atoms with E-state index >= 15 is 0 Å². The Morgan fingerprint density at radius 3 is 2.33 bits per heavy atom. The number of sulfonamides is 1. The van der Waals surface area contributed by atoms with Crippen molar-refractivity contribution in [2.45, 2.75) is 32.6 Å². The highest BCUT2D eigenvalue weighted by molar-refractivity contribution is 7.89. The van der Waals surface area contributed by atoms with E-state index in [1.165, 1.54) is 6.42 Å². The monoisotopic (exact) mass is 234 g/mol. The van der Waals surface area contributed by atoms with Crippen molar-refractivity contribution in [3.8, 4) is 0 Å².